The van der Waals surface area contributed by atoms with Crippen LogP contribution in [0.3, 0.4) is 0 Å². The van der Waals surface area contributed by atoms with Gasteiger partial charge in [-0.2, -0.15) is 0 Å². The molecule has 1 aliphatic rings. The number of carbonyl (C=O) groups is 1. The predicted octanol–water partition coefficient (Wildman–Crippen LogP) is 3.45. The molecule has 0 saturated carbocycles. The first-order chi connectivity index (χ1) is 14.4. The number of aromatic nitrogens is 2. The highest BCUT2D eigenvalue weighted by Gasteiger charge is 2.23. The number of methoxy groups -OCH3 is 1. The van der Waals surface area contributed by atoms with E-state index in [0.717, 1.165) is 34.8 Å². The second kappa shape index (κ2) is 8.23. The first-order valence-corrected chi connectivity index (χ1v) is 10.7. The van der Waals surface area contributed by atoms with Crippen molar-refractivity contribution < 1.29 is 13.9 Å². The largest absolute Gasteiger partial charge is 0.494 e. The van der Waals surface area contributed by atoms with Crippen LogP contribution in [0, 0.1) is 5.82 Å². The summed E-state index contributed by atoms with van der Waals surface area (Å²) in [5.74, 6) is -0.743. The zero-order valence-electron chi connectivity index (χ0n) is 16.1. The molecule has 0 spiro atoms. The number of nitrogens with zero attached hydrogens (tertiary/aromatic N) is 1. The number of rotatable bonds is 3. The Kier molecular flexibility index (Phi) is 5.66. The van der Waals surface area contributed by atoms with E-state index in [1.165, 1.54) is 13.2 Å². The summed E-state index contributed by atoms with van der Waals surface area (Å²) < 4.78 is 20.4. The van der Waals surface area contributed by atoms with Crippen LogP contribution in [0.15, 0.2) is 27.8 Å². The van der Waals surface area contributed by atoms with Gasteiger partial charge in [0.2, 0.25) is 5.91 Å². The van der Waals surface area contributed by atoms with Gasteiger partial charge in [0.15, 0.2) is 11.6 Å². The van der Waals surface area contributed by atoms with Gasteiger partial charge in [-0.25, -0.2) is 9.18 Å². The minimum Gasteiger partial charge on any atom is -0.494 e. The second-order valence-corrected chi connectivity index (χ2v) is 8.59. The fourth-order valence-electron chi connectivity index (χ4n) is 3.70. The molecular formula is C20H19ClFN3O4S. The molecule has 30 heavy (non-hydrogen) atoms. The highest BCUT2D eigenvalue weighted by Crippen LogP contribution is 2.38. The van der Waals surface area contributed by atoms with E-state index in [1.807, 2.05) is 0 Å². The highest BCUT2D eigenvalue weighted by atomic mass is 35.5. The molecule has 2 aromatic heterocycles. The molecule has 1 fully saturated rings. The number of hydrogen-bond donors (Lipinski definition) is 2. The maximum Gasteiger partial charge on any atom is 0.329 e. The SMILES string of the molecule is COc1cc(-c2cc3[nH]c(=O)n(C4CCCCNC(=O)C4)c(=O)c3s2)c(Cl)cc1F. The van der Waals surface area contributed by atoms with Gasteiger partial charge in [-0.05, 0) is 37.5 Å². The molecule has 7 nitrogen and oxygen atoms in total. The summed E-state index contributed by atoms with van der Waals surface area (Å²) in [7, 11) is 1.35. The molecule has 1 amide bonds. The number of hydrogen-bond acceptors (Lipinski definition) is 5. The molecule has 0 radical (unpaired) electrons. The summed E-state index contributed by atoms with van der Waals surface area (Å²) in [4.78, 5) is 41.2. The lowest BCUT2D eigenvalue weighted by Gasteiger charge is -2.21. The normalized spacial score (nSPS) is 17.4. The Morgan fingerprint density at radius 3 is 2.80 bits per heavy atom. The summed E-state index contributed by atoms with van der Waals surface area (Å²) in [6.07, 6.45) is 2.25. The number of carbonyl (C=O) groups excluding carboxylic acids is 1. The van der Waals surface area contributed by atoms with Gasteiger partial charge in [-0.15, -0.1) is 11.3 Å². The van der Waals surface area contributed by atoms with E-state index in [-0.39, 0.29) is 23.1 Å². The molecule has 0 aliphatic carbocycles. The Morgan fingerprint density at radius 1 is 1.23 bits per heavy atom. The van der Waals surface area contributed by atoms with E-state index in [9.17, 15) is 18.8 Å². The first kappa shape index (κ1) is 20.6. The topological polar surface area (TPSA) is 93.2 Å². The van der Waals surface area contributed by atoms with Crippen molar-refractivity contribution in [2.24, 2.45) is 0 Å². The molecule has 0 bridgehead atoms. The van der Waals surface area contributed by atoms with Crippen molar-refractivity contribution in [1.82, 2.24) is 14.9 Å². The van der Waals surface area contributed by atoms with Crippen molar-refractivity contribution in [3.63, 3.8) is 0 Å². The number of fused-ring (bicyclic) bond motifs is 1. The van der Waals surface area contributed by atoms with Crippen LogP contribution in [0.25, 0.3) is 20.7 Å². The summed E-state index contributed by atoms with van der Waals surface area (Å²) in [5, 5.41) is 2.95. The van der Waals surface area contributed by atoms with Crippen LogP contribution in [0.5, 0.6) is 5.75 Å². The van der Waals surface area contributed by atoms with E-state index in [2.05, 4.69) is 10.3 Å². The Bertz CT molecular complexity index is 1250. The maximum atomic E-state index is 13.9. The van der Waals surface area contributed by atoms with Crippen LogP contribution < -0.4 is 21.3 Å². The fraction of sp³-hybridized carbons (Fsp3) is 0.350. The lowest BCUT2D eigenvalue weighted by atomic mass is 10.0. The van der Waals surface area contributed by atoms with Gasteiger partial charge in [-0.3, -0.25) is 14.2 Å². The standard InChI is InChI=1S/C20H19ClFN3O4S/c1-29-15-7-11(12(21)8-13(15)22)16-9-14-18(30-16)19(27)25(20(28)24-14)10-4-2-3-5-23-17(26)6-10/h7-10H,2-6H2,1H3,(H,23,26)(H,24,28). The predicted molar refractivity (Wildman–Crippen MR) is 114 cm³/mol. The molecular weight excluding hydrogens is 433 g/mol. The van der Waals surface area contributed by atoms with Crippen LogP contribution >= 0.6 is 22.9 Å². The number of amides is 1. The van der Waals surface area contributed by atoms with Crippen LogP contribution in [0.1, 0.15) is 31.7 Å². The highest BCUT2D eigenvalue weighted by molar-refractivity contribution is 7.22. The van der Waals surface area contributed by atoms with Crippen LogP contribution in [0.2, 0.25) is 5.02 Å². The third-order valence-corrected chi connectivity index (χ3v) is 6.65. The van der Waals surface area contributed by atoms with E-state index in [4.69, 9.17) is 16.3 Å². The first-order valence-electron chi connectivity index (χ1n) is 9.47. The molecule has 10 heteroatoms. The fourth-order valence-corrected chi connectivity index (χ4v) is 5.09. The Morgan fingerprint density at radius 2 is 2.03 bits per heavy atom. The number of benzene rings is 1. The molecule has 1 aromatic carbocycles. The minimum absolute atomic E-state index is 0.0262. The molecule has 1 saturated heterocycles. The van der Waals surface area contributed by atoms with Crippen molar-refractivity contribution in [3.8, 4) is 16.2 Å². The smallest absolute Gasteiger partial charge is 0.329 e. The monoisotopic (exact) mass is 451 g/mol. The Labute approximate surface area is 179 Å². The van der Waals surface area contributed by atoms with Crippen molar-refractivity contribution in [2.45, 2.75) is 31.7 Å². The summed E-state index contributed by atoms with van der Waals surface area (Å²) in [6, 6.07) is 3.73. The number of ether oxygens (including phenoxy) is 1. The number of nitrogens with one attached hydrogen (secondary N) is 2. The van der Waals surface area contributed by atoms with Gasteiger partial charge < -0.3 is 15.0 Å². The van der Waals surface area contributed by atoms with Gasteiger partial charge in [0.05, 0.1) is 23.7 Å². The average Bonchev–Trinajstić information content (AvgIpc) is 3.09. The minimum atomic E-state index is -0.592. The molecule has 1 aliphatic heterocycles. The molecule has 1 atom stereocenters. The molecule has 2 N–H and O–H groups in total. The molecule has 3 heterocycles. The maximum absolute atomic E-state index is 13.9. The van der Waals surface area contributed by atoms with Crippen molar-refractivity contribution in [3.05, 3.63) is 49.9 Å². The van der Waals surface area contributed by atoms with E-state index in [0.29, 0.717) is 33.6 Å². The zero-order valence-corrected chi connectivity index (χ0v) is 17.7. The number of H-pyrrole nitrogens is 1. The summed E-state index contributed by atoms with van der Waals surface area (Å²) in [5.41, 5.74) is -0.143. The van der Waals surface area contributed by atoms with Crippen molar-refractivity contribution >= 4 is 39.1 Å². The van der Waals surface area contributed by atoms with Crippen molar-refractivity contribution in [1.29, 1.82) is 0 Å². The van der Waals surface area contributed by atoms with Gasteiger partial charge in [-0.1, -0.05) is 11.6 Å². The van der Waals surface area contributed by atoms with Gasteiger partial charge in [0, 0.05) is 23.4 Å². The zero-order chi connectivity index (χ0) is 21.4. The Hall–Kier alpha value is -2.65. The lowest BCUT2D eigenvalue weighted by molar-refractivity contribution is -0.122. The lowest BCUT2D eigenvalue weighted by Crippen LogP contribution is -2.40. The third kappa shape index (κ3) is 3.75. The summed E-state index contributed by atoms with van der Waals surface area (Å²) >= 11 is 7.35. The van der Waals surface area contributed by atoms with Crippen LogP contribution in [0.4, 0.5) is 4.39 Å². The number of thiophene rings is 1. The average molecular weight is 452 g/mol. The number of halogens is 2. The van der Waals surface area contributed by atoms with Crippen LogP contribution in [-0.2, 0) is 4.79 Å². The van der Waals surface area contributed by atoms with Crippen molar-refractivity contribution in [2.75, 3.05) is 13.7 Å². The van der Waals surface area contributed by atoms with Crippen LogP contribution in [-0.4, -0.2) is 29.1 Å². The third-order valence-electron chi connectivity index (χ3n) is 5.18. The quantitative estimate of drug-likeness (QED) is 0.637. The van der Waals surface area contributed by atoms with E-state index < -0.39 is 23.1 Å². The van der Waals surface area contributed by atoms with E-state index in [1.54, 1.807) is 6.07 Å². The molecule has 158 valence electrons. The summed E-state index contributed by atoms with van der Waals surface area (Å²) in [6.45, 7) is 0.603. The Balaban J connectivity index is 1.83. The van der Waals surface area contributed by atoms with E-state index >= 15 is 0 Å². The molecule has 4 rings (SSSR count). The van der Waals surface area contributed by atoms with Gasteiger partial charge in [0.1, 0.15) is 4.70 Å². The van der Waals surface area contributed by atoms with Gasteiger partial charge in [0.25, 0.3) is 5.56 Å². The second-order valence-electron chi connectivity index (χ2n) is 7.13. The molecule has 3 aromatic rings. The van der Waals surface area contributed by atoms with Gasteiger partial charge >= 0.3 is 5.69 Å². The number of aromatic amines is 1. The molecule has 1 unspecified atom stereocenters.